The molecule has 0 saturated heterocycles. The SMILES string of the molecule is Cc1ccc(OCCC(N)c2cccs2)cc1. The summed E-state index contributed by atoms with van der Waals surface area (Å²) in [6, 6.07) is 12.3. The van der Waals surface area contributed by atoms with Crippen LogP contribution in [0.2, 0.25) is 0 Å². The van der Waals surface area contributed by atoms with Crippen molar-refractivity contribution in [1.82, 2.24) is 0 Å². The lowest BCUT2D eigenvalue weighted by Gasteiger charge is -2.11. The minimum absolute atomic E-state index is 0.0837. The van der Waals surface area contributed by atoms with Gasteiger partial charge in [-0.3, -0.25) is 0 Å². The molecule has 2 nitrogen and oxygen atoms in total. The Bertz CT molecular complexity index is 436. The molecule has 1 unspecified atom stereocenters. The molecule has 0 bridgehead atoms. The fraction of sp³-hybridized carbons (Fsp3) is 0.286. The number of rotatable bonds is 5. The summed E-state index contributed by atoms with van der Waals surface area (Å²) in [5.74, 6) is 0.911. The molecule has 1 aromatic carbocycles. The summed E-state index contributed by atoms with van der Waals surface area (Å²) in [5, 5.41) is 2.05. The van der Waals surface area contributed by atoms with Crippen molar-refractivity contribution in [2.75, 3.05) is 6.61 Å². The maximum atomic E-state index is 6.06. The Morgan fingerprint density at radius 1 is 1.24 bits per heavy atom. The summed E-state index contributed by atoms with van der Waals surface area (Å²) in [5.41, 5.74) is 7.30. The maximum Gasteiger partial charge on any atom is 0.119 e. The third-order valence-corrected chi connectivity index (χ3v) is 3.63. The number of ether oxygens (including phenoxy) is 1. The lowest BCUT2D eigenvalue weighted by atomic mass is 10.2. The highest BCUT2D eigenvalue weighted by molar-refractivity contribution is 7.10. The predicted molar refractivity (Wildman–Crippen MR) is 72.5 cm³/mol. The van der Waals surface area contributed by atoms with Crippen molar-refractivity contribution in [3.8, 4) is 5.75 Å². The molecule has 0 amide bonds. The van der Waals surface area contributed by atoms with E-state index in [0.717, 1.165) is 12.2 Å². The molecule has 2 rings (SSSR count). The second-order valence-electron chi connectivity index (χ2n) is 4.07. The summed E-state index contributed by atoms with van der Waals surface area (Å²) in [4.78, 5) is 1.22. The topological polar surface area (TPSA) is 35.2 Å². The van der Waals surface area contributed by atoms with Crippen LogP contribution >= 0.6 is 11.3 Å². The quantitative estimate of drug-likeness (QED) is 0.877. The van der Waals surface area contributed by atoms with Crippen LogP contribution in [0.3, 0.4) is 0 Å². The summed E-state index contributed by atoms with van der Waals surface area (Å²) >= 11 is 1.70. The molecule has 0 spiro atoms. The van der Waals surface area contributed by atoms with Gasteiger partial charge in [0, 0.05) is 17.3 Å². The molecule has 17 heavy (non-hydrogen) atoms. The molecule has 0 aliphatic heterocycles. The smallest absolute Gasteiger partial charge is 0.119 e. The van der Waals surface area contributed by atoms with Crippen LogP contribution in [-0.4, -0.2) is 6.61 Å². The highest BCUT2D eigenvalue weighted by Gasteiger charge is 2.06. The lowest BCUT2D eigenvalue weighted by Crippen LogP contribution is -2.12. The molecule has 90 valence electrons. The molecule has 1 aromatic heterocycles. The van der Waals surface area contributed by atoms with Crippen LogP contribution in [-0.2, 0) is 0 Å². The Kier molecular flexibility index (Phi) is 4.18. The van der Waals surface area contributed by atoms with Crippen molar-refractivity contribution in [1.29, 1.82) is 0 Å². The molecule has 0 saturated carbocycles. The van der Waals surface area contributed by atoms with E-state index in [4.69, 9.17) is 10.5 Å². The molecule has 3 heteroatoms. The van der Waals surface area contributed by atoms with Gasteiger partial charge in [-0.15, -0.1) is 11.3 Å². The second kappa shape index (κ2) is 5.84. The van der Waals surface area contributed by atoms with Gasteiger partial charge < -0.3 is 10.5 Å². The fourth-order valence-electron chi connectivity index (χ4n) is 1.58. The van der Waals surface area contributed by atoms with Crippen LogP contribution in [0.4, 0.5) is 0 Å². The Labute approximate surface area is 106 Å². The van der Waals surface area contributed by atoms with Gasteiger partial charge in [0.1, 0.15) is 5.75 Å². The molecule has 0 fully saturated rings. The van der Waals surface area contributed by atoms with Crippen molar-refractivity contribution in [2.24, 2.45) is 5.73 Å². The zero-order valence-electron chi connectivity index (χ0n) is 9.93. The summed E-state index contributed by atoms with van der Waals surface area (Å²) in [6.45, 7) is 2.72. The van der Waals surface area contributed by atoms with E-state index in [1.807, 2.05) is 18.2 Å². The van der Waals surface area contributed by atoms with Crippen LogP contribution in [0, 0.1) is 6.92 Å². The summed E-state index contributed by atoms with van der Waals surface area (Å²) < 4.78 is 5.65. The number of aryl methyl sites for hydroxylation is 1. The van der Waals surface area contributed by atoms with E-state index in [9.17, 15) is 0 Å². The molecule has 2 aromatic rings. The van der Waals surface area contributed by atoms with Crippen LogP contribution in [0.15, 0.2) is 41.8 Å². The Morgan fingerprint density at radius 2 is 2.00 bits per heavy atom. The monoisotopic (exact) mass is 247 g/mol. The molecule has 0 aliphatic rings. The predicted octanol–water partition coefficient (Wildman–Crippen LogP) is 3.53. The van der Waals surface area contributed by atoms with Gasteiger partial charge in [0.05, 0.1) is 6.61 Å². The minimum atomic E-state index is 0.0837. The Balaban J connectivity index is 1.78. The van der Waals surface area contributed by atoms with E-state index in [0.29, 0.717) is 6.61 Å². The van der Waals surface area contributed by atoms with Crippen molar-refractivity contribution in [3.63, 3.8) is 0 Å². The number of hydrogen-bond acceptors (Lipinski definition) is 3. The van der Waals surface area contributed by atoms with Gasteiger partial charge in [0.25, 0.3) is 0 Å². The van der Waals surface area contributed by atoms with E-state index in [-0.39, 0.29) is 6.04 Å². The standard InChI is InChI=1S/C14H17NOS/c1-11-4-6-12(7-5-11)16-9-8-13(15)14-3-2-10-17-14/h2-7,10,13H,8-9,15H2,1H3. The van der Waals surface area contributed by atoms with E-state index < -0.39 is 0 Å². The van der Waals surface area contributed by atoms with Gasteiger partial charge in [-0.1, -0.05) is 23.8 Å². The maximum absolute atomic E-state index is 6.06. The first-order valence-electron chi connectivity index (χ1n) is 5.74. The number of thiophene rings is 1. The third kappa shape index (κ3) is 3.58. The molecule has 0 aliphatic carbocycles. The zero-order chi connectivity index (χ0) is 12.1. The highest BCUT2D eigenvalue weighted by atomic mass is 32.1. The molecule has 1 atom stereocenters. The van der Waals surface area contributed by atoms with Crippen molar-refractivity contribution < 1.29 is 4.74 Å². The highest BCUT2D eigenvalue weighted by Crippen LogP contribution is 2.20. The van der Waals surface area contributed by atoms with Gasteiger partial charge in [0.15, 0.2) is 0 Å². The van der Waals surface area contributed by atoms with Crippen LogP contribution in [0.25, 0.3) is 0 Å². The third-order valence-electron chi connectivity index (χ3n) is 2.63. The summed E-state index contributed by atoms with van der Waals surface area (Å²) in [6.07, 6.45) is 0.842. The molecule has 2 N–H and O–H groups in total. The van der Waals surface area contributed by atoms with Gasteiger partial charge in [-0.05, 0) is 30.5 Å². The van der Waals surface area contributed by atoms with Crippen LogP contribution in [0.5, 0.6) is 5.75 Å². The average Bonchev–Trinajstić information content (AvgIpc) is 2.85. The lowest BCUT2D eigenvalue weighted by molar-refractivity contribution is 0.299. The molecule has 0 radical (unpaired) electrons. The molecular weight excluding hydrogens is 230 g/mol. The van der Waals surface area contributed by atoms with Gasteiger partial charge in [-0.25, -0.2) is 0 Å². The summed E-state index contributed by atoms with van der Waals surface area (Å²) in [7, 11) is 0. The number of nitrogens with two attached hydrogens (primary N) is 1. The minimum Gasteiger partial charge on any atom is -0.494 e. The number of benzene rings is 1. The van der Waals surface area contributed by atoms with Crippen LogP contribution in [0.1, 0.15) is 22.9 Å². The van der Waals surface area contributed by atoms with Crippen molar-refractivity contribution in [2.45, 2.75) is 19.4 Å². The van der Waals surface area contributed by atoms with E-state index in [2.05, 4.69) is 30.5 Å². The zero-order valence-corrected chi connectivity index (χ0v) is 10.7. The van der Waals surface area contributed by atoms with Crippen LogP contribution < -0.4 is 10.5 Å². The van der Waals surface area contributed by atoms with E-state index in [1.165, 1.54) is 10.4 Å². The first-order chi connectivity index (χ1) is 8.25. The van der Waals surface area contributed by atoms with Gasteiger partial charge in [0.2, 0.25) is 0 Å². The fourth-order valence-corrected chi connectivity index (χ4v) is 2.35. The van der Waals surface area contributed by atoms with E-state index in [1.54, 1.807) is 11.3 Å². The normalized spacial score (nSPS) is 12.4. The van der Waals surface area contributed by atoms with Crippen molar-refractivity contribution in [3.05, 3.63) is 52.2 Å². The molecule has 1 heterocycles. The largest absolute Gasteiger partial charge is 0.494 e. The Morgan fingerprint density at radius 3 is 2.65 bits per heavy atom. The first kappa shape index (κ1) is 12.1. The molecular formula is C14H17NOS. The Hall–Kier alpha value is -1.32. The first-order valence-corrected chi connectivity index (χ1v) is 6.62. The van der Waals surface area contributed by atoms with Gasteiger partial charge in [-0.2, -0.15) is 0 Å². The van der Waals surface area contributed by atoms with Crippen molar-refractivity contribution >= 4 is 11.3 Å². The second-order valence-corrected chi connectivity index (χ2v) is 5.05. The number of hydrogen-bond donors (Lipinski definition) is 1. The average molecular weight is 247 g/mol. The van der Waals surface area contributed by atoms with Gasteiger partial charge >= 0.3 is 0 Å². The van der Waals surface area contributed by atoms with E-state index >= 15 is 0 Å².